The highest BCUT2D eigenvalue weighted by Crippen LogP contribution is 2.54. The average Bonchev–Trinajstić information content (AvgIpc) is 3.31. The number of rotatable bonds is 1. The summed E-state index contributed by atoms with van der Waals surface area (Å²) in [6.45, 7) is 1.83. The molecule has 0 saturated heterocycles. The first-order valence-corrected chi connectivity index (χ1v) is 10.5. The van der Waals surface area contributed by atoms with E-state index < -0.39 is 16.7 Å². The average molecular weight is 440 g/mol. The number of hydrogen-bond donors (Lipinski definition) is 2. The van der Waals surface area contributed by atoms with Crippen molar-refractivity contribution in [2.75, 3.05) is 10.6 Å². The Labute approximate surface area is 187 Å². The van der Waals surface area contributed by atoms with Crippen molar-refractivity contribution in [3.05, 3.63) is 97.8 Å². The van der Waals surface area contributed by atoms with E-state index in [-0.39, 0.29) is 17.3 Å². The van der Waals surface area contributed by atoms with Gasteiger partial charge in [0.1, 0.15) is 17.1 Å². The number of carbonyl (C=O) groups is 1. The Balaban J connectivity index is 1.83. The number of fused-ring (bicyclic) bond motifs is 6. The summed E-state index contributed by atoms with van der Waals surface area (Å²) in [5.74, 6) is 0.472. The number of hydrogen-bond acceptors (Lipinski definition) is 5. The number of nitrogens with zero attached hydrogens (tertiary/aromatic N) is 4. The zero-order valence-corrected chi connectivity index (χ0v) is 18.2. The van der Waals surface area contributed by atoms with Crippen molar-refractivity contribution in [2.24, 2.45) is 14.1 Å². The zero-order chi connectivity index (χ0) is 23.1. The molecule has 0 aliphatic carbocycles. The van der Waals surface area contributed by atoms with Crippen molar-refractivity contribution in [3.8, 4) is 5.69 Å². The summed E-state index contributed by atoms with van der Waals surface area (Å²) in [7, 11) is 3.01. The van der Waals surface area contributed by atoms with Gasteiger partial charge in [0.05, 0.1) is 16.9 Å². The van der Waals surface area contributed by atoms with E-state index in [1.807, 2.05) is 61.5 Å². The first kappa shape index (κ1) is 19.3. The van der Waals surface area contributed by atoms with Gasteiger partial charge in [0.2, 0.25) is 5.91 Å². The van der Waals surface area contributed by atoms with E-state index in [4.69, 9.17) is 5.10 Å². The SMILES string of the molecule is Cc1nn(-c2ccccc2)c2c1C1(C(=O)Nc3ccccc31)c1c(n(C)c(=O)n(C)c1=O)N2. The zero-order valence-electron chi connectivity index (χ0n) is 18.2. The summed E-state index contributed by atoms with van der Waals surface area (Å²) >= 11 is 0. The van der Waals surface area contributed by atoms with Gasteiger partial charge in [-0.2, -0.15) is 5.10 Å². The standard InChI is InChI=1S/C24H20N6O3/c1-13-17-20(30(27-13)14-9-5-4-6-10-14)26-19-18(21(31)29(3)23(33)28(19)2)24(17)15-11-7-8-12-16(15)25-22(24)32/h4-12,26H,1-3H3,(H,25,32). The van der Waals surface area contributed by atoms with E-state index in [0.29, 0.717) is 28.3 Å². The molecule has 0 saturated carbocycles. The van der Waals surface area contributed by atoms with Crippen LogP contribution in [0.3, 0.4) is 0 Å². The van der Waals surface area contributed by atoms with Crippen molar-refractivity contribution in [1.82, 2.24) is 18.9 Å². The number of anilines is 3. The van der Waals surface area contributed by atoms with Crippen LogP contribution in [-0.2, 0) is 24.3 Å². The highest BCUT2D eigenvalue weighted by Gasteiger charge is 2.58. The second kappa shape index (κ2) is 6.32. The lowest BCUT2D eigenvalue weighted by Gasteiger charge is -2.35. The molecule has 2 N–H and O–H groups in total. The van der Waals surface area contributed by atoms with Crippen LogP contribution in [0.1, 0.15) is 22.4 Å². The van der Waals surface area contributed by atoms with Crippen molar-refractivity contribution in [2.45, 2.75) is 12.3 Å². The monoisotopic (exact) mass is 440 g/mol. The number of benzene rings is 2. The first-order valence-electron chi connectivity index (χ1n) is 10.5. The van der Waals surface area contributed by atoms with Gasteiger partial charge in [-0.15, -0.1) is 0 Å². The highest BCUT2D eigenvalue weighted by atomic mass is 16.2. The maximum absolute atomic E-state index is 13.9. The fourth-order valence-electron chi connectivity index (χ4n) is 5.17. The van der Waals surface area contributed by atoms with Crippen LogP contribution < -0.4 is 21.9 Å². The van der Waals surface area contributed by atoms with Gasteiger partial charge in [0.15, 0.2) is 0 Å². The topological polar surface area (TPSA) is 103 Å². The number of aromatic nitrogens is 4. The third-order valence-electron chi connectivity index (χ3n) is 6.63. The van der Waals surface area contributed by atoms with Crippen molar-refractivity contribution in [3.63, 3.8) is 0 Å². The Hall–Kier alpha value is -4.40. The lowest BCUT2D eigenvalue weighted by Crippen LogP contribution is -2.50. The molecule has 9 heteroatoms. The number of amides is 1. The second-order valence-electron chi connectivity index (χ2n) is 8.36. The van der Waals surface area contributed by atoms with Crippen LogP contribution >= 0.6 is 0 Å². The van der Waals surface area contributed by atoms with Gasteiger partial charge in [-0.3, -0.25) is 18.7 Å². The number of para-hydroxylation sites is 2. The number of carbonyl (C=O) groups excluding carboxylic acids is 1. The van der Waals surface area contributed by atoms with Gasteiger partial charge in [-0.25, -0.2) is 9.48 Å². The van der Waals surface area contributed by atoms with Crippen LogP contribution in [0.5, 0.6) is 0 Å². The third-order valence-corrected chi connectivity index (χ3v) is 6.63. The van der Waals surface area contributed by atoms with Crippen LogP contribution in [0, 0.1) is 6.92 Å². The van der Waals surface area contributed by atoms with Crippen molar-refractivity contribution in [1.29, 1.82) is 0 Å². The molecule has 164 valence electrons. The van der Waals surface area contributed by atoms with E-state index in [1.54, 1.807) is 11.7 Å². The van der Waals surface area contributed by atoms with Crippen LogP contribution in [0.15, 0.2) is 64.2 Å². The maximum Gasteiger partial charge on any atom is 0.332 e. The van der Waals surface area contributed by atoms with E-state index in [2.05, 4.69) is 10.6 Å². The summed E-state index contributed by atoms with van der Waals surface area (Å²) in [6.07, 6.45) is 0. The fraction of sp³-hybridized carbons (Fsp3) is 0.167. The molecule has 2 aromatic heterocycles. The molecular weight excluding hydrogens is 420 g/mol. The summed E-state index contributed by atoms with van der Waals surface area (Å²) in [5.41, 5.74) is 1.01. The Morgan fingerprint density at radius 3 is 2.27 bits per heavy atom. The van der Waals surface area contributed by atoms with Gasteiger partial charge in [0, 0.05) is 30.9 Å². The molecule has 2 aromatic carbocycles. The Morgan fingerprint density at radius 2 is 1.52 bits per heavy atom. The molecule has 0 bridgehead atoms. The van der Waals surface area contributed by atoms with E-state index >= 15 is 0 Å². The molecule has 0 radical (unpaired) electrons. The maximum atomic E-state index is 13.9. The largest absolute Gasteiger partial charge is 0.332 e. The molecular formula is C24H20N6O3. The molecule has 4 aromatic rings. The quantitative estimate of drug-likeness (QED) is 0.471. The normalized spacial score (nSPS) is 17.8. The van der Waals surface area contributed by atoms with Gasteiger partial charge >= 0.3 is 5.69 Å². The van der Waals surface area contributed by atoms with E-state index in [9.17, 15) is 14.4 Å². The first-order chi connectivity index (χ1) is 15.9. The van der Waals surface area contributed by atoms with E-state index in [1.165, 1.54) is 11.6 Å². The molecule has 1 unspecified atom stereocenters. The summed E-state index contributed by atoms with van der Waals surface area (Å²) in [6, 6.07) is 16.8. The Kier molecular flexibility index (Phi) is 3.69. The predicted molar refractivity (Wildman–Crippen MR) is 123 cm³/mol. The Bertz CT molecular complexity index is 1610. The van der Waals surface area contributed by atoms with Gasteiger partial charge in [-0.05, 0) is 25.1 Å². The molecule has 2 aliphatic heterocycles. The molecule has 1 atom stereocenters. The highest BCUT2D eigenvalue weighted by molar-refractivity contribution is 6.14. The number of aryl methyl sites for hydroxylation is 1. The second-order valence-corrected chi connectivity index (χ2v) is 8.36. The molecule has 1 spiro atoms. The predicted octanol–water partition coefficient (Wildman–Crippen LogP) is 1.92. The van der Waals surface area contributed by atoms with Gasteiger partial charge in [-0.1, -0.05) is 36.4 Å². The van der Waals surface area contributed by atoms with Crippen LogP contribution in [0.4, 0.5) is 17.3 Å². The molecule has 6 rings (SSSR count). The van der Waals surface area contributed by atoms with Crippen molar-refractivity contribution >= 4 is 23.2 Å². The molecule has 33 heavy (non-hydrogen) atoms. The minimum atomic E-state index is -1.45. The molecule has 4 heterocycles. The minimum Gasteiger partial charge on any atom is -0.325 e. The summed E-state index contributed by atoms with van der Waals surface area (Å²) in [5, 5.41) is 11.0. The third kappa shape index (κ3) is 2.20. The van der Waals surface area contributed by atoms with Crippen molar-refractivity contribution < 1.29 is 4.79 Å². The summed E-state index contributed by atoms with van der Waals surface area (Å²) in [4.78, 5) is 40.3. The van der Waals surface area contributed by atoms with Crippen LogP contribution in [0.25, 0.3) is 5.69 Å². The molecule has 2 aliphatic rings. The minimum absolute atomic E-state index is 0.206. The molecule has 0 fully saturated rings. The van der Waals surface area contributed by atoms with E-state index in [0.717, 1.165) is 10.3 Å². The number of nitrogens with one attached hydrogen (secondary N) is 2. The Morgan fingerprint density at radius 1 is 0.818 bits per heavy atom. The van der Waals surface area contributed by atoms with Gasteiger partial charge in [0.25, 0.3) is 5.56 Å². The molecule has 1 amide bonds. The van der Waals surface area contributed by atoms with Gasteiger partial charge < -0.3 is 10.6 Å². The lowest BCUT2D eigenvalue weighted by atomic mass is 9.68. The van der Waals surface area contributed by atoms with Crippen LogP contribution in [-0.4, -0.2) is 24.8 Å². The van der Waals surface area contributed by atoms with Crippen LogP contribution in [0.2, 0.25) is 0 Å². The lowest BCUT2D eigenvalue weighted by molar-refractivity contribution is -0.118. The smallest absolute Gasteiger partial charge is 0.325 e. The molecule has 9 nitrogen and oxygen atoms in total. The summed E-state index contributed by atoms with van der Waals surface area (Å²) < 4.78 is 4.12. The fourth-order valence-corrected chi connectivity index (χ4v) is 5.17.